The topological polar surface area (TPSA) is 64.9 Å². The minimum atomic E-state index is 0.446. The van der Waals surface area contributed by atoms with Crippen molar-refractivity contribution >= 4 is 21.7 Å². The number of rotatable bonds is 3. The smallest absolute Gasteiger partial charge is 0.197 e. The van der Waals surface area contributed by atoms with Crippen LogP contribution in [0.15, 0.2) is 21.0 Å². The van der Waals surface area contributed by atoms with Crippen LogP contribution in [0, 0.1) is 0 Å². The SMILES string of the molecule is CCc1ccc(-c2nc(N)c(Br)c(CC)n2)o1. The van der Waals surface area contributed by atoms with E-state index in [0.717, 1.165) is 28.8 Å². The van der Waals surface area contributed by atoms with E-state index in [9.17, 15) is 0 Å². The fourth-order valence-electron chi connectivity index (χ4n) is 1.55. The van der Waals surface area contributed by atoms with Crippen molar-refractivity contribution in [1.82, 2.24) is 9.97 Å². The Kier molecular flexibility index (Phi) is 3.47. The number of nitrogens with two attached hydrogens (primary N) is 1. The van der Waals surface area contributed by atoms with Gasteiger partial charge in [0.2, 0.25) is 0 Å². The summed E-state index contributed by atoms with van der Waals surface area (Å²) in [6.45, 7) is 4.06. The van der Waals surface area contributed by atoms with Crippen molar-refractivity contribution in [3.63, 3.8) is 0 Å². The Bertz CT molecular complexity index is 537. The molecule has 0 aliphatic carbocycles. The summed E-state index contributed by atoms with van der Waals surface area (Å²) in [4.78, 5) is 8.66. The van der Waals surface area contributed by atoms with E-state index in [-0.39, 0.29) is 0 Å². The quantitative estimate of drug-likeness (QED) is 0.944. The summed E-state index contributed by atoms with van der Waals surface area (Å²) in [5.41, 5.74) is 6.72. The average molecular weight is 296 g/mol. The van der Waals surface area contributed by atoms with Crippen molar-refractivity contribution in [3.8, 4) is 11.6 Å². The van der Waals surface area contributed by atoms with E-state index in [1.165, 1.54) is 0 Å². The number of anilines is 1. The average Bonchev–Trinajstić information content (AvgIpc) is 2.81. The van der Waals surface area contributed by atoms with E-state index in [0.29, 0.717) is 17.4 Å². The van der Waals surface area contributed by atoms with Crippen LogP contribution in [-0.2, 0) is 12.8 Å². The Hall–Kier alpha value is -1.36. The van der Waals surface area contributed by atoms with Gasteiger partial charge in [0.05, 0.1) is 10.2 Å². The van der Waals surface area contributed by atoms with Crippen molar-refractivity contribution in [2.24, 2.45) is 0 Å². The van der Waals surface area contributed by atoms with Gasteiger partial charge in [-0.15, -0.1) is 0 Å². The molecule has 0 aliphatic heterocycles. The molecule has 0 unspecified atom stereocenters. The Morgan fingerprint density at radius 1 is 1.24 bits per heavy atom. The Morgan fingerprint density at radius 3 is 2.59 bits per heavy atom. The van der Waals surface area contributed by atoms with Gasteiger partial charge in [-0.1, -0.05) is 13.8 Å². The molecule has 0 bridgehead atoms. The first kappa shape index (κ1) is 12.1. The summed E-state index contributed by atoms with van der Waals surface area (Å²) < 4.78 is 6.39. The molecule has 2 N–H and O–H groups in total. The number of hydrogen-bond acceptors (Lipinski definition) is 4. The number of nitrogens with zero attached hydrogens (tertiary/aromatic N) is 2. The highest BCUT2D eigenvalue weighted by atomic mass is 79.9. The molecule has 5 heteroatoms. The van der Waals surface area contributed by atoms with Crippen LogP contribution < -0.4 is 5.73 Å². The lowest BCUT2D eigenvalue weighted by Crippen LogP contribution is -2.01. The minimum absolute atomic E-state index is 0.446. The lowest BCUT2D eigenvalue weighted by Gasteiger charge is -2.05. The molecule has 4 nitrogen and oxygen atoms in total. The summed E-state index contributed by atoms with van der Waals surface area (Å²) in [5.74, 6) is 2.57. The van der Waals surface area contributed by atoms with Gasteiger partial charge in [0, 0.05) is 6.42 Å². The number of aryl methyl sites for hydroxylation is 2. The fourth-order valence-corrected chi connectivity index (χ4v) is 2.00. The second-order valence-corrected chi connectivity index (χ2v) is 4.46. The Balaban J connectivity index is 2.48. The largest absolute Gasteiger partial charge is 0.458 e. The third-order valence-electron chi connectivity index (χ3n) is 2.51. The molecule has 2 aromatic heterocycles. The van der Waals surface area contributed by atoms with Crippen molar-refractivity contribution in [3.05, 3.63) is 28.1 Å². The minimum Gasteiger partial charge on any atom is -0.458 e. The van der Waals surface area contributed by atoms with Crippen molar-refractivity contribution in [2.45, 2.75) is 26.7 Å². The molecule has 2 rings (SSSR count). The van der Waals surface area contributed by atoms with Gasteiger partial charge in [-0.05, 0) is 34.5 Å². The van der Waals surface area contributed by atoms with Gasteiger partial charge < -0.3 is 10.2 Å². The van der Waals surface area contributed by atoms with Gasteiger partial charge in [0.25, 0.3) is 0 Å². The number of hydrogen-bond donors (Lipinski definition) is 1. The predicted molar refractivity (Wildman–Crippen MR) is 70.6 cm³/mol. The van der Waals surface area contributed by atoms with Gasteiger partial charge in [0.15, 0.2) is 11.6 Å². The van der Waals surface area contributed by atoms with Gasteiger partial charge >= 0.3 is 0 Å². The first-order valence-electron chi connectivity index (χ1n) is 5.56. The molecule has 0 atom stereocenters. The van der Waals surface area contributed by atoms with E-state index in [4.69, 9.17) is 10.2 Å². The lowest BCUT2D eigenvalue weighted by atomic mass is 10.3. The van der Waals surface area contributed by atoms with E-state index in [2.05, 4.69) is 25.9 Å². The van der Waals surface area contributed by atoms with Crippen LogP contribution >= 0.6 is 15.9 Å². The Labute approximate surface area is 108 Å². The molecule has 90 valence electrons. The fraction of sp³-hybridized carbons (Fsp3) is 0.333. The summed E-state index contributed by atoms with van der Waals surface area (Å²) >= 11 is 3.39. The van der Waals surface area contributed by atoms with Gasteiger partial charge in [-0.25, -0.2) is 9.97 Å². The summed E-state index contributed by atoms with van der Waals surface area (Å²) in [6, 6.07) is 3.81. The molecule has 0 fully saturated rings. The van der Waals surface area contributed by atoms with Crippen LogP contribution in [0.5, 0.6) is 0 Å². The van der Waals surface area contributed by atoms with Crippen LogP contribution in [0.3, 0.4) is 0 Å². The highest BCUT2D eigenvalue weighted by molar-refractivity contribution is 9.10. The molecule has 0 radical (unpaired) electrons. The van der Waals surface area contributed by atoms with Crippen LogP contribution in [-0.4, -0.2) is 9.97 Å². The maximum atomic E-state index is 5.83. The molecule has 2 aromatic rings. The normalized spacial score (nSPS) is 10.8. The summed E-state index contributed by atoms with van der Waals surface area (Å²) in [6.07, 6.45) is 1.65. The zero-order valence-corrected chi connectivity index (χ0v) is 11.4. The predicted octanol–water partition coefficient (Wildman–Crippen LogP) is 3.21. The third-order valence-corrected chi connectivity index (χ3v) is 3.37. The molecule has 0 saturated carbocycles. The molecule has 0 saturated heterocycles. The molecule has 0 aliphatic rings. The number of aromatic nitrogens is 2. The lowest BCUT2D eigenvalue weighted by molar-refractivity contribution is 0.525. The highest BCUT2D eigenvalue weighted by Gasteiger charge is 2.12. The van der Waals surface area contributed by atoms with E-state index in [1.54, 1.807) is 0 Å². The van der Waals surface area contributed by atoms with E-state index < -0.39 is 0 Å². The second kappa shape index (κ2) is 4.87. The van der Waals surface area contributed by atoms with Crippen LogP contribution in [0.1, 0.15) is 25.3 Å². The van der Waals surface area contributed by atoms with E-state index in [1.807, 2.05) is 26.0 Å². The molecule has 2 heterocycles. The van der Waals surface area contributed by atoms with Gasteiger partial charge in [-0.2, -0.15) is 0 Å². The standard InChI is InChI=1S/C12H14BrN3O/c1-3-7-5-6-9(17-7)12-15-8(4-2)10(13)11(14)16-12/h5-6H,3-4H2,1-2H3,(H2,14,15,16). The van der Waals surface area contributed by atoms with Crippen molar-refractivity contribution in [2.75, 3.05) is 5.73 Å². The monoisotopic (exact) mass is 295 g/mol. The number of furan rings is 1. The maximum absolute atomic E-state index is 5.83. The Morgan fingerprint density at radius 2 is 2.00 bits per heavy atom. The zero-order chi connectivity index (χ0) is 12.4. The third kappa shape index (κ3) is 2.34. The maximum Gasteiger partial charge on any atom is 0.197 e. The molecule has 17 heavy (non-hydrogen) atoms. The van der Waals surface area contributed by atoms with Crippen LogP contribution in [0.25, 0.3) is 11.6 Å². The molecular weight excluding hydrogens is 282 g/mol. The highest BCUT2D eigenvalue weighted by Crippen LogP contribution is 2.26. The molecule has 0 spiro atoms. The van der Waals surface area contributed by atoms with Gasteiger partial charge in [0.1, 0.15) is 11.6 Å². The summed E-state index contributed by atoms with van der Waals surface area (Å²) in [5, 5.41) is 0. The van der Waals surface area contributed by atoms with E-state index >= 15 is 0 Å². The number of halogens is 1. The molecule has 0 amide bonds. The van der Waals surface area contributed by atoms with Crippen molar-refractivity contribution in [1.29, 1.82) is 0 Å². The van der Waals surface area contributed by atoms with Gasteiger partial charge in [-0.3, -0.25) is 0 Å². The zero-order valence-electron chi connectivity index (χ0n) is 9.83. The van der Waals surface area contributed by atoms with Crippen molar-refractivity contribution < 1.29 is 4.42 Å². The first-order chi connectivity index (χ1) is 8.15. The first-order valence-corrected chi connectivity index (χ1v) is 6.36. The second-order valence-electron chi connectivity index (χ2n) is 3.67. The molecular formula is C12H14BrN3O. The van der Waals surface area contributed by atoms with Crippen LogP contribution in [0.2, 0.25) is 0 Å². The summed E-state index contributed by atoms with van der Waals surface area (Å²) in [7, 11) is 0. The molecule has 0 aromatic carbocycles. The number of nitrogen functional groups attached to an aromatic ring is 1. The van der Waals surface area contributed by atoms with Crippen LogP contribution in [0.4, 0.5) is 5.82 Å².